The van der Waals surface area contributed by atoms with Crippen LogP contribution >= 0.6 is 22.7 Å². The lowest BCUT2D eigenvalue weighted by Gasteiger charge is -2.05. The molecule has 174 valence electrons. The maximum absolute atomic E-state index is 4.47. The summed E-state index contributed by atoms with van der Waals surface area (Å²) in [5.41, 5.74) is 2.67. The molecule has 0 spiro atoms. The highest BCUT2D eigenvalue weighted by Crippen LogP contribution is 2.30. The van der Waals surface area contributed by atoms with Crippen LogP contribution in [-0.2, 0) is 12.8 Å². The minimum Gasteiger partial charge on any atom is -0.140 e. The van der Waals surface area contributed by atoms with Gasteiger partial charge < -0.3 is 0 Å². The second kappa shape index (κ2) is 14.5. The largest absolute Gasteiger partial charge is 0.213 e. The van der Waals surface area contributed by atoms with E-state index < -0.39 is 0 Å². The van der Waals surface area contributed by atoms with Gasteiger partial charge in [-0.05, 0) is 59.7 Å². The highest BCUT2D eigenvalue weighted by molar-refractivity contribution is 7.14. The Labute approximate surface area is 201 Å². The van der Waals surface area contributed by atoms with Gasteiger partial charge in [-0.3, -0.25) is 0 Å². The zero-order chi connectivity index (χ0) is 22.4. The number of hydrogen-bond acceptors (Lipinski definition) is 6. The molecule has 0 saturated carbocycles. The fourth-order valence-corrected chi connectivity index (χ4v) is 5.81. The lowest BCUT2D eigenvalue weighted by atomic mass is 10.1. The number of aromatic nitrogens is 4. The van der Waals surface area contributed by atoms with Crippen LogP contribution < -0.4 is 0 Å². The van der Waals surface area contributed by atoms with Crippen LogP contribution in [-0.4, -0.2) is 20.4 Å². The third-order valence-corrected chi connectivity index (χ3v) is 7.88. The lowest BCUT2D eigenvalue weighted by Crippen LogP contribution is -2.00. The Bertz CT molecular complexity index is 812. The quantitative estimate of drug-likeness (QED) is 0.197. The second-order valence-corrected chi connectivity index (χ2v) is 10.5. The zero-order valence-corrected chi connectivity index (χ0v) is 21.4. The molecule has 0 fully saturated rings. The fourth-order valence-electron chi connectivity index (χ4n) is 4.06. The highest BCUT2D eigenvalue weighted by atomic mass is 32.1. The minimum absolute atomic E-state index is 0.666. The Kier molecular flexibility index (Phi) is 11.3. The van der Waals surface area contributed by atoms with Crippen LogP contribution in [0, 0.1) is 0 Å². The Balaban J connectivity index is 1.54. The molecule has 0 aromatic carbocycles. The molecule has 0 aliphatic heterocycles. The standard InChI is InChI=1S/C26H38N4S2/c1-3-5-7-9-11-13-15-21-17-19-31-23(21)25-27-29-26(30-28-25)24-22(18-20-32-24)16-14-12-10-8-6-4-2/h17-20H,3-16H2,1-2H3. The van der Waals surface area contributed by atoms with E-state index in [0.717, 1.165) is 22.6 Å². The van der Waals surface area contributed by atoms with E-state index in [0.29, 0.717) is 11.6 Å². The van der Waals surface area contributed by atoms with E-state index in [9.17, 15) is 0 Å². The van der Waals surface area contributed by atoms with Crippen molar-refractivity contribution in [2.75, 3.05) is 0 Å². The summed E-state index contributed by atoms with van der Waals surface area (Å²) in [5, 5.41) is 22.2. The second-order valence-electron chi connectivity index (χ2n) is 8.63. The van der Waals surface area contributed by atoms with Crippen LogP contribution in [0.1, 0.15) is 102 Å². The molecule has 0 unspecified atom stereocenters. The Morgan fingerprint density at radius 1 is 0.531 bits per heavy atom. The van der Waals surface area contributed by atoms with E-state index in [1.54, 1.807) is 22.7 Å². The molecule has 3 rings (SSSR count). The maximum Gasteiger partial charge on any atom is 0.213 e. The number of thiophene rings is 2. The van der Waals surface area contributed by atoms with Gasteiger partial charge in [0.25, 0.3) is 0 Å². The molecular weight excluding hydrogens is 432 g/mol. The van der Waals surface area contributed by atoms with Crippen molar-refractivity contribution in [2.45, 2.75) is 104 Å². The SMILES string of the molecule is CCCCCCCCc1ccsc1-c1nnc(-c2sccc2CCCCCCCC)nn1. The molecule has 32 heavy (non-hydrogen) atoms. The molecule has 3 heterocycles. The van der Waals surface area contributed by atoms with Gasteiger partial charge in [-0.25, -0.2) is 0 Å². The number of hydrogen-bond donors (Lipinski definition) is 0. The van der Waals surface area contributed by atoms with Gasteiger partial charge in [0.15, 0.2) is 0 Å². The number of unbranched alkanes of at least 4 members (excludes halogenated alkanes) is 10. The topological polar surface area (TPSA) is 51.6 Å². The molecule has 0 atom stereocenters. The first kappa shape index (κ1) is 25.0. The lowest BCUT2D eigenvalue weighted by molar-refractivity contribution is 0.608. The van der Waals surface area contributed by atoms with Gasteiger partial charge in [-0.1, -0.05) is 78.1 Å². The molecular formula is C26H38N4S2. The van der Waals surface area contributed by atoms with Crippen LogP contribution in [0.4, 0.5) is 0 Å². The smallest absolute Gasteiger partial charge is 0.140 e. The third kappa shape index (κ3) is 7.73. The summed E-state index contributed by atoms with van der Waals surface area (Å²) in [5.74, 6) is 1.33. The Hall–Kier alpha value is -1.66. The highest BCUT2D eigenvalue weighted by Gasteiger charge is 2.15. The van der Waals surface area contributed by atoms with Gasteiger partial charge in [0, 0.05) is 0 Å². The first-order chi connectivity index (χ1) is 15.8. The number of aryl methyl sites for hydroxylation is 2. The van der Waals surface area contributed by atoms with Crippen LogP contribution in [0.2, 0.25) is 0 Å². The molecule has 4 nitrogen and oxygen atoms in total. The summed E-state index contributed by atoms with van der Waals surface area (Å²) in [6.45, 7) is 4.53. The van der Waals surface area contributed by atoms with Crippen molar-refractivity contribution < 1.29 is 0 Å². The number of nitrogens with zero attached hydrogens (tertiary/aromatic N) is 4. The van der Waals surface area contributed by atoms with E-state index in [-0.39, 0.29) is 0 Å². The van der Waals surface area contributed by atoms with Crippen LogP contribution in [0.15, 0.2) is 22.9 Å². The molecule has 0 N–H and O–H groups in total. The average molecular weight is 471 g/mol. The average Bonchev–Trinajstić information content (AvgIpc) is 3.48. The van der Waals surface area contributed by atoms with Crippen LogP contribution in [0.5, 0.6) is 0 Å². The van der Waals surface area contributed by atoms with E-state index in [4.69, 9.17) is 0 Å². The zero-order valence-electron chi connectivity index (χ0n) is 19.8. The predicted octanol–water partition coefficient (Wildman–Crippen LogP) is 8.53. The first-order valence-corrected chi connectivity index (χ1v) is 14.3. The first-order valence-electron chi connectivity index (χ1n) is 12.5. The molecule has 3 aromatic heterocycles. The molecule has 3 aromatic rings. The van der Waals surface area contributed by atoms with E-state index >= 15 is 0 Å². The van der Waals surface area contributed by atoms with Gasteiger partial charge in [-0.15, -0.1) is 43.1 Å². The maximum atomic E-state index is 4.47. The molecule has 0 bridgehead atoms. The van der Waals surface area contributed by atoms with Gasteiger partial charge in [0.1, 0.15) is 0 Å². The van der Waals surface area contributed by atoms with Gasteiger partial charge in [0.2, 0.25) is 11.6 Å². The van der Waals surface area contributed by atoms with E-state index in [2.05, 4.69) is 57.1 Å². The van der Waals surface area contributed by atoms with Gasteiger partial charge in [-0.2, -0.15) is 0 Å². The van der Waals surface area contributed by atoms with Crippen molar-refractivity contribution >= 4 is 22.7 Å². The van der Waals surface area contributed by atoms with E-state index in [1.165, 1.54) is 88.2 Å². The van der Waals surface area contributed by atoms with Crippen LogP contribution in [0.25, 0.3) is 21.4 Å². The Morgan fingerprint density at radius 2 is 0.906 bits per heavy atom. The van der Waals surface area contributed by atoms with E-state index in [1.807, 2.05) is 0 Å². The summed E-state index contributed by atoms with van der Waals surface area (Å²) in [4.78, 5) is 2.26. The molecule has 0 aliphatic rings. The molecule has 0 amide bonds. The van der Waals surface area contributed by atoms with Crippen molar-refractivity contribution in [1.29, 1.82) is 0 Å². The molecule has 0 radical (unpaired) electrons. The summed E-state index contributed by atoms with van der Waals surface area (Å²) in [6, 6.07) is 4.42. The molecule has 6 heteroatoms. The minimum atomic E-state index is 0.666. The third-order valence-electron chi connectivity index (χ3n) is 5.98. The van der Waals surface area contributed by atoms with Crippen molar-refractivity contribution in [1.82, 2.24) is 20.4 Å². The van der Waals surface area contributed by atoms with Crippen molar-refractivity contribution in [3.05, 3.63) is 34.0 Å². The van der Waals surface area contributed by atoms with Gasteiger partial charge in [0.05, 0.1) is 9.75 Å². The summed E-state index contributed by atoms with van der Waals surface area (Å²) in [7, 11) is 0. The Morgan fingerprint density at radius 3 is 1.31 bits per heavy atom. The van der Waals surface area contributed by atoms with Crippen molar-refractivity contribution in [2.24, 2.45) is 0 Å². The van der Waals surface area contributed by atoms with Gasteiger partial charge >= 0.3 is 0 Å². The normalized spacial score (nSPS) is 11.3. The molecule has 0 saturated heterocycles. The number of rotatable bonds is 16. The molecule has 0 aliphatic carbocycles. The van der Waals surface area contributed by atoms with Crippen LogP contribution in [0.3, 0.4) is 0 Å². The summed E-state index contributed by atoms with van der Waals surface area (Å²) >= 11 is 3.40. The fraction of sp³-hybridized carbons (Fsp3) is 0.615. The van der Waals surface area contributed by atoms with Crippen molar-refractivity contribution in [3.63, 3.8) is 0 Å². The summed E-state index contributed by atoms with van der Waals surface area (Å²) < 4.78 is 0. The predicted molar refractivity (Wildman–Crippen MR) is 138 cm³/mol. The van der Waals surface area contributed by atoms with Crippen molar-refractivity contribution in [3.8, 4) is 21.4 Å². The summed E-state index contributed by atoms with van der Waals surface area (Å²) in [6.07, 6.45) is 17.9. The monoisotopic (exact) mass is 470 g/mol.